The van der Waals surface area contributed by atoms with Crippen molar-refractivity contribution in [3.05, 3.63) is 89.9 Å². The van der Waals surface area contributed by atoms with Crippen LogP contribution in [0, 0.1) is 0 Å². The van der Waals surface area contributed by atoms with Gasteiger partial charge in [-0.05, 0) is 42.3 Å². The van der Waals surface area contributed by atoms with Crippen molar-refractivity contribution in [1.82, 2.24) is 14.9 Å². The third kappa shape index (κ3) is 6.62. The number of imidazole rings is 1. The lowest BCUT2D eigenvalue weighted by Gasteiger charge is -2.08. The lowest BCUT2D eigenvalue weighted by molar-refractivity contribution is 0.0952. The molecule has 0 radical (unpaired) electrons. The molecular formula is C21H22N4O3S. The molecule has 2 N–H and O–H groups in total. The van der Waals surface area contributed by atoms with Gasteiger partial charge in [0.2, 0.25) is 0 Å². The van der Waals surface area contributed by atoms with E-state index in [-0.39, 0.29) is 5.91 Å². The van der Waals surface area contributed by atoms with E-state index >= 15 is 0 Å². The van der Waals surface area contributed by atoms with E-state index < -0.39 is 10.0 Å². The average Bonchev–Trinajstić information content (AvgIpc) is 3.24. The number of rotatable bonds is 9. The molecule has 29 heavy (non-hydrogen) atoms. The molecule has 0 spiro atoms. The molecule has 0 aliphatic heterocycles. The van der Waals surface area contributed by atoms with E-state index in [0.717, 1.165) is 23.9 Å². The van der Waals surface area contributed by atoms with E-state index in [1.807, 2.05) is 41.1 Å². The summed E-state index contributed by atoms with van der Waals surface area (Å²) in [5.74, 6) is -0.200. The molecule has 1 heterocycles. The Kier molecular flexibility index (Phi) is 6.80. The Hall–Kier alpha value is -3.39. The number of sulfonamides is 1. The Morgan fingerprint density at radius 2 is 1.83 bits per heavy atom. The number of hydrogen-bond donors (Lipinski definition) is 2. The summed E-state index contributed by atoms with van der Waals surface area (Å²) in [5, 5.41) is 3.96. The highest BCUT2D eigenvalue weighted by atomic mass is 32.2. The van der Waals surface area contributed by atoms with E-state index in [9.17, 15) is 13.2 Å². The normalized spacial score (nSPS) is 11.4. The van der Waals surface area contributed by atoms with Crippen LogP contribution in [0.2, 0.25) is 0 Å². The van der Waals surface area contributed by atoms with Crippen LogP contribution in [0.5, 0.6) is 0 Å². The minimum absolute atomic E-state index is 0.200. The number of nitrogens with zero attached hydrogens (tertiary/aromatic N) is 2. The van der Waals surface area contributed by atoms with Crippen molar-refractivity contribution in [3.63, 3.8) is 0 Å². The summed E-state index contributed by atoms with van der Waals surface area (Å²) in [5.41, 5.74) is 1.65. The van der Waals surface area contributed by atoms with Crippen LogP contribution in [0.3, 0.4) is 0 Å². The Labute approximate surface area is 170 Å². The zero-order valence-electron chi connectivity index (χ0n) is 15.7. The molecule has 1 amide bonds. The van der Waals surface area contributed by atoms with Crippen molar-refractivity contribution in [2.75, 3.05) is 11.3 Å². The number of nitrogens with one attached hydrogen (secondary N) is 2. The van der Waals surface area contributed by atoms with Crippen LogP contribution in [0.25, 0.3) is 6.08 Å². The van der Waals surface area contributed by atoms with Gasteiger partial charge in [0.1, 0.15) is 0 Å². The van der Waals surface area contributed by atoms with Crippen molar-refractivity contribution in [2.45, 2.75) is 13.0 Å². The molecule has 0 bridgehead atoms. The van der Waals surface area contributed by atoms with Gasteiger partial charge >= 0.3 is 0 Å². The fourth-order valence-corrected chi connectivity index (χ4v) is 3.47. The van der Waals surface area contributed by atoms with Crippen LogP contribution < -0.4 is 10.0 Å². The van der Waals surface area contributed by atoms with Gasteiger partial charge in [0.25, 0.3) is 15.9 Å². The highest BCUT2D eigenvalue weighted by Crippen LogP contribution is 2.13. The second-order valence-corrected chi connectivity index (χ2v) is 7.91. The van der Waals surface area contributed by atoms with Crippen LogP contribution in [0.4, 0.5) is 5.69 Å². The van der Waals surface area contributed by atoms with E-state index in [4.69, 9.17) is 0 Å². The summed E-state index contributed by atoms with van der Waals surface area (Å²) in [6, 6.07) is 15.5. The number of hydrogen-bond acceptors (Lipinski definition) is 4. The minimum Gasteiger partial charge on any atom is -0.352 e. The first-order valence-corrected chi connectivity index (χ1v) is 10.7. The minimum atomic E-state index is -3.64. The number of aromatic nitrogens is 2. The van der Waals surface area contributed by atoms with Crippen LogP contribution in [0.1, 0.15) is 22.3 Å². The van der Waals surface area contributed by atoms with Crippen LogP contribution >= 0.6 is 0 Å². The fourth-order valence-electron chi connectivity index (χ4n) is 2.60. The van der Waals surface area contributed by atoms with Gasteiger partial charge in [0.15, 0.2) is 0 Å². The Bertz CT molecular complexity index is 1050. The zero-order chi connectivity index (χ0) is 20.5. The van der Waals surface area contributed by atoms with E-state index in [2.05, 4.69) is 15.0 Å². The summed E-state index contributed by atoms with van der Waals surface area (Å²) < 4.78 is 28.8. The van der Waals surface area contributed by atoms with Crippen molar-refractivity contribution >= 4 is 27.7 Å². The van der Waals surface area contributed by atoms with Crippen molar-refractivity contribution in [1.29, 1.82) is 0 Å². The van der Waals surface area contributed by atoms with E-state index in [0.29, 0.717) is 17.8 Å². The molecule has 0 saturated heterocycles. The first-order chi connectivity index (χ1) is 14.0. The Morgan fingerprint density at radius 1 is 1.07 bits per heavy atom. The second-order valence-electron chi connectivity index (χ2n) is 6.35. The van der Waals surface area contributed by atoms with Gasteiger partial charge in [0, 0.05) is 36.7 Å². The van der Waals surface area contributed by atoms with Crippen molar-refractivity contribution in [3.8, 4) is 0 Å². The van der Waals surface area contributed by atoms with Crippen LogP contribution in [-0.4, -0.2) is 30.4 Å². The molecule has 0 aliphatic carbocycles. The predicted octanol–water partition coefficient (Wildman–Crippen LogP) is 3.12. The fraction of sp³-hybridized carbons (Fsp3) is 0.143. The standard InChI is InChI=1S/C21H22N4O3S/c26-21(23-12-4-14-25-15-13-22-17-25)19-7-9-20(10-8-19)24-29(27,28)16-11-18-5-2-1-3-6-18/h1-3,5-11,13,15-17,24H,4,12,14H2,(H,23,26)/b16-11+. The third-order valence-electron chi connectivity index (χ3n) is 4.08. The largest absolute Gasteiger partial charge is 0.352 e. The van der Waals surface area contributed by atoms with Gasteiger partial charge < -0.3 is 9.88 Å². The first-order valence-electron chi connectivity index (χ1n) is 9.12. The van der Waals surface area contributed by atoms with E-state index in [1.54, 1.807) is 36.8 Å². The molecule has 0 atom stereocenters. The number of anilines is 1. The maximum absolute atomic E-state index is 12.2. The summed E-state index contributed by atoms with van der Waals surface area (Å²) in [6.45, 7) is 1.31. The number of benzene rings is 2. The molecule has 8 heteroatoms. The Morgan fingerprint density at radius 3 is 2.52 bits per heavy atom. The van der Waals surface area contributed by atoms with Gasteiger partial charge in [-0.15, -0.1) is 0 Å². The summed E-state index contributed by atoms with van der Waals surface area (Å²) >= 11 is 0. The molecule has 3 rings (SSSR count). The first kappa shape index (κ1) is 20.3. The number of carbonyl (C=O) groups excluding carboxylic acids is 1. The molecular weight excluding hydrogens is 388 g/mol. The van der Waals surface area contributed by atoms with Gasteiger partial charge in [-0.1, -0.05) is 30.3 Å². The predicted molar refractivity (Wildman–Crippen MR) is 114 cm³/mol. The van der Waals surface area contributed by atoms with Gasteiger partial charge in [-0.3, -0.25) is 9.52 Å². The highest BCUT2D eigenvalue weighted by molar-refractivity contribution is 7.95. The third-order valence-corrected chi connectivity index (χ3v) is 5.10. The quantitative estimate of drug-likeness (QED) is 0.530. The monoisotopic (exact) mass is 410 g/mol. The molecule has 2 aromatic carbocycles. The highest BCUT2D eigenvalue weighted by Gasteiger charge is 2.08. The molecule has 7 nitrogen and oxygen atoms in total. The Balaban J connectivity index is 1.49. The smallest absolute Gasteiger partial charge is 0.255 e. The SMILES string of the molecule is O=C(NCCCn1ccnc1)c1ccc(NS(=O)(=O)/C=C/c2ccccc2)cc1. The lowest BCUT2D eigenvalue weighted by atomic mass is 10.2. The van der Waals surface area contributed by atoms with Crippen LogP contribution in [0.15, 0.2) is 78.7 Å². The van der Waals surface area contributed by atoms with Gasteiger partial charge in [0.05, 0.1) is 11.7 Å². The average molecular weight is 410 g/mol. The van der Waals surface area contributed by atoms with Crippen LogP contribution in [-0.2, 0) is 16.6 Å². The topological polar surface area (TPSA) is 93.1 Å². The molecule has 0 unspecified atom stereocenters. The van der Waals surface area contributed by atoms with Gasteiger partial charge in [-0.2, -0.15) is 0 Å². The molecule has 150 valence electrons. The molecule has 0 aliphatic rings. The number of aryl methyl sites for hydroxylation is 1. The molecule has 0 fully saturated rings. The summed E-state index contributed by atoms with van der Waals surface area (Å²) in [4.78, 5) is 16.1. The molecule has 0 saturated carbocycles. The summed E-state index contributed by atoms with van der Waals surface area (Å²) in [7, 11) is -3.64. The van der Waals surface area contributed by atoms with Crippen molar-refractivity contribution < 1.29 is 13.2 Å². The maximum atomic E-state index is 12.2. The van der Waals surface area contributed by atoms with Crippen molar-refractivity contribution in [2.24, 2.45) is 0 Å². The maximum Gasteiger partial charge on any atom is 0.255 e. The van der Waals surface area contributed by atoms with Gasteiger partial charge in [-0.25, -0.2) is 13.4 Å². The zero-order valence-corrected chi connectivity index (χ0v) is 16.5. The number of carbonyl (C=O) groups is 1. The second kappa shape index (κ2) is 9.70. The lowest BCUT2D eigenvalue weighted by Crippen LogP contribution is -2.25. The van der Waals surface area contributed by atoms with E-state index in [1.165, 1.54) is 6.08 Å². The number of amides is 1. The summed E-state index contributed by atoms with van der Waals surface area (Å²) in [6.07, 6.45) is 7.63. The molecule has 3 aromatic rings. The molecule has 1 aromatic heterocycles.